The summed E-state index contributed by atoms with van der Waals surface area (Å²) in [6, 6.07) is 12.9. The molecule has 0 amide bonds. The quantitative estimate of drug-likeness (QED) is 0.831. The van der Waals surface area contributed by atoms with E-state index in [1.54, 1.807) is 30.3 Å². The van der Waals surface area contributed by atoms with Gasteiger partial charge in [0.2, 0.25) is 0 Å². The summed E-state index contributed by atoms with van der Waals surface area (Å²) in [5.41, 5.74) is 1.53. The van der Waals surface area contributed by atoms with Crippen molar-refractivity contribution in [1.29, 1.82) is 0 Å². The number of hydrogen-bond acceptors (Lipinski definition) is 2. The van der Waals surface area contributed by atoms with Crippen LogP contribution in [-0.4, -0.2) is 11.1 Å². The molecular weight excluding hydrogens is 204 g/mol. The Kier molecular flexibility index (Phi) is 2.60. The van der Waals surface area contributed by atoms with Crippen LogP contribution in [0.25, 0.3) is 11.1 Å². The molecule has 0 atom stereocenters. The number of carboxylic acids is 1. The molecule has 2 rings (SSSR count). The summed E-state index contributed by atoms with van der Waals surface area (Å²) in [6.07, 6.45) is 0. The standard InChI is InChI=1S/C13H10O3/c14-12-4-2-1-3-11(12)9-5-7-10(8-6-9)13(15)16/h1-8,14H,(H,15,16)/p-1. The molecule has 3 heteroatoms. The van der Waals surface area contributed by atoms with Crippen molar-refractivity contribution in [3.8, 4) is 16.9 Å². The number of rotatable bonds is 2. The fourth-order valence-corrected chi connectivity index (χ4v) is 1.50. The molecule has 80 valence electrons. The van der Waals surface area contributed by atoms with Crippen LogP contribution in [0.15, 0.2) is 48.5 Å². The number of hydrogen-bond donors (Lipinski definition) is 1. The van der Waals surface area contributed by atoms with E-state index in [0.717, 1.165) is 5.56 Å². The van der Waals surface area contributed by atoms with E-state index in [1.807, 2.05) is 0 Å². The van der Waals surface area contributed by atoms with Crippen molar-refractivity contribution < 1.29 is 15.0 Å². The van der Waals surface area contributed by atoms with Crippen LogP contribution in [0.2, 0.25) is 0 Å². The zero-order valence-corrected chi connectivity index (χ0v) is 8.38. The average molecular weight is 213 g/mol. The molecule has 2 aromatic carbocycles. The van der Waals surface area contributed by atoms with E-state index in [0.29, 0.717) is 5.56 Å². The van der Waals surface area contributed by atoms with Crippen LogP contribution in [-0.2, 0) is 0 Å². The Labute approximate surface area is 92.6 Å². The van der Waals surface area contributed by atoms with Crippen molar-refractivity contribution >= 4 is 5.97 Å². The van der Waals surface area contributed by atoms with Gasteiger partial charge in [-0.15, -0.1) is 5.75 Å². The first-order valence-corrected chi connectivity index (χ1v) is 4.78. The summed E-state index contributed by atoms with van der Waals surface area (Å²) in [5.74, 6) is -1.03. The van der Waals surface area contributed by atoms with Crippen LogP contribution in [0.1, 0.15) is 10.4 Å². The van der Waals surface area contributed by atoms with Crippen LogP contribution in [0, 0.1) is 0 Å². The first-order chi connectivity index (χ1) is 7.68. The van der Waals surface area contributed by atoms with Crippen molar-refractivity contribution in [3.05, 3.63) is 54.1 Å². The number of carboxylic acid groups (broad SMARTS) is 1. The van der Waals surface area contributed by atoms with E-state index < -0.39 is 5.97 Å². The van der Waals surface area contributed by atoms with Crippen LogP contribution in [0.5, 0.6) is 5.75 Å². The summed E-state index contributed by atoms with van der Waals surface area (Å²) in [7, 11) is 0. The third kappa shape index (κ3) is 1.88. The van der Waals surface area contributed by atoms with Crippen molar-refractivity contribution in [1.82, 2.24) is 0 Å². The first-order valence-electron chi connectivity index (χ1n) is 4.78. The molecule has 0 bridgehead atoms. The van der Waals surface area contributed by atoms with E-state index >= 15 is 0 Å². The molecule has 16 heavy (non-hydrogen) atoms. The Morgan fingerprint density at radius 1 is 1.00 bits per heavy atom. The average Bonchev–Trinajstić information content (AvgIpc) is 2.30. The third-order valence-electron chi connectivity index (χ3n) is 2.33. The predicted molar refractivity (Wildman–Crippen MR) is 58.3 cm³/mol. The predicted octanol–water partition coefficient (Wildman–Crippen LogP) is 2.13. The first kappa shape index (κ1) is 10.2. The molecule has 2 aromatic rings. The highest BCUT2D eigenvalue weighted by molar-refractivity contribution is 5.88. The molecule has 0 aromatic heterocycles. The molecule has 0 saturated heterocycles. The lowest BCUT2D eigenvalue weighted by Crippen LogP contribution is -1.96. The van der Waals surface area contributed by atoms with Crippen molar-refractivity contribution in [2.45, 2.75) is 0 Å². The zero-order chi connectivity index (χ0) is 11.5. The van der Waals surface area contributed by atoms with Gasteiger partial charge in [-0.1, -0.05) is 36.4 Å². The van der Waals surface area contributed by atoms with Crippen LogP contribution in [0.4, 0.5) is 0 Å². The molecule has 0 aliphatic carbocycles. The van der Waals surface area contributed by atoms with Gasteiger partial charge in [-0.3, -0.25) is 0 Å². The fourth-order valence-electron chi connectivity index (χ4n) is 1.50. The smallest absolute Gasteiger partial charge is 0.335 e. The molecule has 0 aliphatic rings. The minimum absolute atomic E-state index is 0.0643. The highest BCUT2D eigenvalue weighted by atomic mass is 16.4. The minimum Gasteiger partial charge on any atom is -0.872 e. The van der Waals surface area contributed by atoms with Crippen molar-refractivity contribution in [2.24, 2.45) is 0 Å². The number of carbonyl (C=O) groups is 1. The van der Waals surface area contributed by atoms with E-state index in [2.05, 4.69) is 0 Å². The lowest BCUT2D eigenvalue weighted by molar-refractivity contribution is -0.267. The Morgan fingerprint density at radius 3 is 2.19 bits per heavy atom. The second-order valence-electron chi connectivity index (χ2n) is 3.38. The topological polar surface area (TPSA) is 60.4 Å². The number of para-hydroxylation sites is 1. The molecule has 0 heterocycles. The molecule has 0 aliphatic heterocycles. The van der Waals surface area contributed by atoms with Gasteiger partial charge in [0.1, 0.15) is 0 Å². The van der Waals surface area contributed by atoms with Gasteiger partial charge in [-0.05, 0) is 23.3 Å². The van der Waals surface area contributed by atoms with Gasteiger partial charge in [0.15, 0.2) is 0 Å². The number of aromatic carboxylic acids is 1. The molecule has 0 saturated carbocycles. The maximum Gasteiger partial charge on any atom is 0.335 e. The molecule has 0 spiro atoms. The molecule has 0 unspecified atom stereocenters. The van der Waals surface area contributed by atoms with Gasteiger partial charge in [-0.2, -0.15) is 0 Å². The summed E-state index contributed by atoms with van der Waals surface area (Å²) >= 11 is 0. The van der Waals surface area contributed by atoms with Gasteiger partial charge in [0, 0.05) is 0 Å². The van der Waals surface area contributed by atoms with E-state index in [1.165, 1.54) is 18.2 Å². The highest BCUT2D eigenvalue weighted by Gasteiger charge is 2.02. The van der Waals surface area contributed by atoms with Gasteiger partial charge in [-0.25, -0.2) is 4.79 Å². The summed E-state index contributed by atoms with van der Waals surface area (Å²) in [6.45, 7) is 0. The summed E-state index contributed by atoms with van der Waals surface area (Å²) in [5, 5.41) is 20.3. The SMILES string of the molecule is O=C(O)c1ccc(-c2ccccc2[O-])cc1. The van der Waals surface area contributed by atoms with Gasteiger partial charge in [0.25, 0.3) is 0 Å². The van der Waals surface area contributed by atoms with Crippen LogP contribution in [0.3, 0.4) is 0 Å². The fraction of sp³-hybridized carbons (Fsp3) is 0. The maximum atomic E-state index is 11.5. The Balaban J connectivity index is 2.43. The largest absolute Gasteiger partial charge is 0.872 e. The summed E-state index contributed by atoms with van der Waals surface area (Å²) in [4.78, 5) is 10.7. The lowest BCUT2D eigenvalue weighted by Gasteiger charge is -2.12. The van der Waals surface area contributed by atoms with Crippen molar-refractivity contribution in [2.75, 3.05) is 0 Å². The normalized spacial score (nSPS) is 10.0. The van der Waals surface area contributed by atoms with Crippen molar-refractivity contribution in [3.63, 3.8) is 0 Å². The van der Waals surface area contributed by atoms with Crippen LogP contribution < -0.4 is 5.11 Å². The van der Waals surface area contributed by atoms with Gasteiger partial charge >= 0.3 is 5.97 Å². The molecule has 0 radical (unpaired) electrons. The van der Waals surface area contributed by atoms with Crippen LogP contribution >= 0.6 is 0 Å². The highest BCUT2D eigenvalue weighted by Crippen LogP contribution is 2.26. The minimum atomic E-state index is -0.970. The zero-order valence-electron chi connectivity index (χ0n) is 8.38. The Morgan fingerprint density at radius 2 is 1.62 bits per heavy atom. The summed E-state index contributed by atoms with van der Waals surface area (Å²) < 4.78 is 0. The van der Waals surface area contributed by atoms with Gasteiger partial charge in [0.05, 0.1) is 5.56 Å². The lowest BCUT2D eigenvalue weighted by atomic mass is 10.0. The van der Waals surface area contributed by atoms with E-state index in [-0.39, 0.29) is 11.3 Å². The maximum absolute atomic E-state index is 11.5. The monoisotopic (exact) mass is 213 g/mol. The molecule has 1 N–H and O–H groups in total. The van der Waals surface area contributed by atoms with E-state index in [9.17, 15) is 9.90 Å². The molecule has 0 fully saturated rings. The molecule has 3 nitrogen and oxygen atoms in total. The van der Waals surface area contributed by atoms with E-state index in [4.69, 9.17) is 5.11 Å². The second kappa shape index (κ2) is 4.06. The molecular formula is C13H9O3-. The third-order valence-corrected chi connectivity index (χ3v) is 2.33. The Bertz CT molecular complexity index is 515. The Hall–Kier alpha value is -2.29. The number of benzene rings is 2. The second-order valence-corrected chi connectivity index (χ2v) is 3.38. The van der Waals surface area contributed by atoms with Gasteiger partial charge < -0.3 is 10.2 Å².